The second kappa shape index (κ2) is 3.50. The maximum Gasteiger partial charge on any atom is 0.231 e. The van der Waals surface area contributed by atoms with Crippen LogP contribution in [-0.2, 0) is 9.53 Å². The summed E-state index contributed by atoms with van der Waals surface area (Å²) in [5, 5.41) is 9.77. The van der Waals surface area contributed by atoms with Gasteiger partial charge in [-0.15, -0.1) is 0 Å². The maximum atomic E-state index is 11.4. The predicted molar refractivity (Wildman–Crippen MR) is 60.0 cm³/mol. The molecular weight excluding hydrogens is 238 g/mol. The van der Waals surface area contributed by atoms with E-state index in [-0.39, 0.29) is 11.6 Å². The topological polar surface area (TPSA) is 116 Å². The molecule has 3 rings (SSSR count). The first-order valence-electron chi connectivity index (χ1n) is 5.10. The van der Waals surface area contributed by atoms with E-state index in [0.29, 0.717) is 11.2 Å². The zero-order valence-corrected chi connectivity index (χ0v) is 9.15. The average Bonchev–Trinajstić information content (AvgIpc) is 2.88. The van der Waals surface area contributed by atoms with Gasteiger partial charge in [-0.2, -0.15) is 0 Å². The number of nitrogens with zero attached hydrogens (tertiary/aromatic N) is 4. The highest BCUT2D eigenvalue weighted by Crippen LogP contribution is 2.30. The lowest BCUT2D eigenvalue weighted by molar-refractivity contribution is -0.122. The number of aliphatic hydroxyl groups is 1. The van der Waals surface area contributed by atoms with Gasteiger partial charge in [-0.05, 0) is 0 Å². The summed E-state index contributed by atoms with van der Waals surface area (Å²) in [5.41, 5.74) is 6.41. The molecule has 8 nitrogen and oxygen atoms in total. The number of fused-ring (bicyclic) bond motifs is 1. The molecule has 92 valence electrons. The number of ketones is 1. The molecule has 0 saturated carbocycles. The molecule has 1 aliphatic heterocycles. The molecule has 1 aliphatic rings. The van der Waals surface area contributed by atoms with Gasteiger partial charge in [-0.25, -0.2) is 15.0 Å². The van der Waals surface area contributed by atoms with Crippen LogP contribution in [0.5, 0.6) is 0 Å². The highest BCUT2D eigenvalue weighted by atomic mass is 16.5. The van der Waals surface area contributed by atoms with E-state index < -0.39 is 18.1 Å². The van der Waals surface area contributed by atoms with Gasteiger partial charge in [0.15, 0.2) is 23.3 Å². The van der Waals surface area contributed by atoms with Crippen LogP contribution in [-0.4, -0.2) is 36.5 Å². The summed E-state index contributed by atoms with van der Waals surface area (Å²) in [6.45, 7) is 3.42. The molecule has 2 aromatic rings. The van der Waals surface area contributed by atoms with Crippen molar-refractivity contribution >= 4 is 22.8 Å². The van der Waals surface area contributed by atoms with Gasteiger partial charge < -0.3 is 15.6 Å². The summed E-state index contributed by atoms with van der Waals surface area (Å²) in [6.07, 6.45) is 0.402. The normalized spacial score (nSPS) is 23.6. The third kappa shape index (κ3) is 1.29. The van der Waals surface area contributed by atoms with Crippen LogP contribution in [0.1, 0.15) is 6.23 Å². The lowest BCUT2D eigenvalue weighted by Gasteiger charge is -2.14. The van der Waals surface area contributed by atoms with Gasteiger partial charge in [0.05, 0.1) is 0 Å². The Bertz CT molecular complexity index is 665. The first-order valence-corrected chi connectivity index (χ1v) is 5.10. The van der Waals surface area contributed by atoms with Crippen molar-refractivity contribution in [1.82, 2.24) is 19.5 Å². The van der Waals surface area contributed by atoms with E-state index in [1.807, 2.05) is 0 Å². The molecule has 3 N–H and O–H groups in total. The van der Waals surface area contributed by atoms with Crippen molar-refractivity contribution in [1.29, 1.82) is 0 Å². The van der Waals surface area contributed by atoms with Crippen LogP contribution in [0.3, 0.4) is 0 Å². The van der Waals surface area contributed by atoms with Crippen LogP contribution in [0, 0.1) is 0 Å². The largest absolute Gasteiger partial charge is 0.464 e. The number of imidazole rings is 1. The third-order valence-electron chi connectivity index (χ3n) is 2.74. The van der Waals surface area contributed by atoms with Crippen molar-refractivity contribution in [2.45, 2.75) is 12.3 Å². The summed E-state index contributed by atoms with van der Waals surface area (Å²) in [5.74, 6) is -0.420. The van der Waals surface area contributed by atoms with Gasteiger partial charge in [0.2, 0.25) is 12.0 Å². The van der Waals surface area contributed by atoms with Gasteiger partial charge in [0.1, 0.15) is 18.2 Å². The van der Waals surface area contributed by atoms with Crippen molar-refractivity contribution in [2.24, 2.45) is 0 Å². The number of rotatable bonds is 1. The van der Waals surface area contributed by atoms with Crippen LogP contribution in [0.15, 0.2) is 25.0 Å². The van der Waals surface area contributed by atoms with E-state index in [0.717, 1.165) is 0 Å². The SMILES string of the molecule is C=C1O[C@@H](n2cnc3c(N)ncnc32)[C@H](O)C1=O. The van der Waals surface area contributed by atoms with Gasteiger partial charge >= 0.3 is 0 Å². The fraction of sp³-hybridized carbons (Fsp3) is 0.200. The van der Waals surface area contributed by atoms with E-state index >= 15 is 0 Å². The summed E-state index contributed by atoms with van der Waals surface area (Å²) in [6, 6.07) is 0. The number of Topliss-reactive ketones (excluding diaryl/α,β-unsaturated/α-hetero) is 1. The monoisotopic (exact) mass is 247 g/mol. The second-order valence-corrected chi connectivity index (χ2v) is 3.82. The molecule has 18 heavy (non-hydrogen) atoms. The lowest BCUT2D eigenvalue weighted by atomic mass is 10.2. The molecule has 0 bridgehead atoms. The van der Waals surface area contributed by atoms with Gasteiger partial charge in [0.25, 0.3) is 0 Å². The fourth-order valence-electron chi connectivity index (χ4n) is 1.83. The van der Waals surface area contributed by atoms with Crippen LogP contribution < -0.4 is 5.73 Å². The van der Waals surface area contributed by atoms with Gasteiger partial charge in [-0.3, -0.25) is 9.36 Å². The molecule has 0 unspecified atom stereocenters. The number of aliphatic hydroxyl groups excluding tert-OH is 1. The average molecular weight is 247 g/mol. The molecule has 3 heterocycles. The molecule has 1 fully saturated rings. The molecular formula is C10H9N5O3. The highest BCUT2D eigenvalue weighted by Gasteiger charge is 2.40. The maximum absolute atomic E-state index is 11.4. The fourth-order valence-corrected chi connectivity index (χ4v) is 1.83. The standard InChI is InChI=1S/C10H9N5O3/c1-4-6(16)7(17)10(18-4)15-3-14-5-8(11)12-2-13-9(5)15/h2-3,7,10,17H,1H2,(H2,11,12,13)/t7-,10-/m1/s1. The second-order valence-electron chi connectivity index (χ2n) is 3.82. The zero-order valence-electron chi connectivity index (χ0n) is 9.15. The Balaban J connectivity index is 2.14. The number of nitrogens with two attached hydrogens (primary N) is 1. The van der Waals surface area contributed by atoms with E-state index in [4.69, 9.17) is 10.5 Å². The number of hydrogen-bond acceptors (Lipinski definition) is 7. The molecule has 0 radical (unpaired) electrons. The van der Waals surface area contributed by atoms with Crippen molar-refractivity contribution in [3.05, 3.63) is 25.0 Å². The quantitative estimate of drug-likeness (QED) is 0.645. The van der Waals surface area contributed by atoms with Crippen LogP contribution in [0.2, 0.25) is 0 Å². The highest BCUT2D eigenvalue weighted by molar-refractivity contribution is 5.98. The van der Waals surface area contributed by atoms with Gasteiger partial charge in [0, 0.05) is 0 Å². The Morgan fingerprint density at radius 2 is 2.22 bits per heavy atom. The number of carbonyl (C=O) groups is 1. The number of hydrogen-bond donors (Lipinski definition) is 2. The van der Waals surface area contributed by atoms with E-state index in [1.165, 1.54) is 17.2 Å². The lowest BCUT2D eigenvalue weighted by Crippen LogP contribution is -2.24. The molecule has 2 atom stereocenters. The minimum atomic E-state index is -1.33. The van der Waals surface area contributed by atoms with Crippen LogP contribution >= 0.6 is 0 Å². The summed E-state index contributed by atoms with van der Waals surface area (Å²) < 4.78 is 6.63. The van der Waals surface area contributed by atoms with Gasteiger partial charge in [-0.1, -0.05) is 6.58 Å². The summed E-state index contributed by atoms with van der Waals surface area (Å²) in [7, 11) is 0. The molecule has 1 saturated heterocycles. The minimum Gasteiger partial charge on any atom is -0.464 e. The molecule has 0 aliphatic carbocycles. The first kappa shape index (κ1) is 10.7. The number of ether oxygens (including phenoxy) is 1. The Morgan fingerprint density at radius 3 is 2.89 bits per heavy atom. The molecule has 0 amide bonds. The number of anilines is 1. The van der Waals surface area contributed by atoms with Crippen molar-refractivity contribution in [3.63, 3.8) is 0 Å². The predicted octanol–water partition coefficient (Wildman–Crippen LogP) is -0.619. The van der Waals surface area contributed by atoms with Crippen molar-refractivity contribution in [2.75, 3.05) is 5.73 Å². The zero-order chi connectivity index (χ0) is 12.9. The van der Waals surface area contributed by atoms with Crippen molar-refractivity contribution < 1.29 is 14.6 Å². The number of nitrogen functional groups attached to an aromatic ring is 1. The Hall–Kier alpha value is -2.48. The summed E-state index contributed by atoms with van der Waals surface area (Å²) in [4.78, 5) is 23.3. The van der Waals surface area contributed by atoms with E-state index in [9.17, 15) is 9.90 Å². The Labute approximate surface area is 101 Å². The van der Waals surface area contributed by atoms with E-state index in [2.05, 4.69) is 21.5 Å². The molecule has 8 heteroatoms. The number of aromatic nitrogens is 4. The minimum absolute atomic E-state index is 0.0867. The molecule has 2 aromatic heterocycles. The third-order valence-corrected chi connectivity index (χ3v) is 2.74. The summed E-state index contributed by atoms with van der Waals surface area (Å²) >= 11 is 0. The van der Waals surface area contributed by atoms with Crippen molar-refractivity contribution in [3.8, 4) is 0 Å². The molecule has 0 spiro atoms. The number of carbonyl (C=O) groups excluding carboxylic acids is 1. The van der Waals surface area contributed by atoms with E-state index in [1.54, 1.807) is 0 Å². The Morgan fingerprint density at radius 1 is 1.44 bits per heavy atom. The van der Waals surface area contributed by atoms with Crippen LogP contribution in [0.4, 0.5) is 5.82 Å². The Kier molecular flexibility index (Phi) is 2.08. The molecule has 0 aromatic carbocycles. The van der Waals surface area contributed by atoms with Crippen LogP contribution in [0.25, 0.3) is 11.2 Å². The smallest absolute Gasteiger partial charge is 0.231 e. The first-order chi connectivity index (χ1) is 8.59.